The molecule has 18 heavy (non-hydrogen) atoms. The van der Waals surface area contributed by atoms with Crippen molar-refractivity contribution in [3.63, 3.8) is 0 Å². The van der Waals surface area contributed by atoms with Gasteiger partial charge in [-0.15, -0.1) is 0 Å². The van der Waals surface area contributed by atoms with Gasteiger partial charge in [0.05, 0.1) is 29.7 Å². The number of carbonyl (C=O) groups is 1. The van der Waals surface area contributed by atoms with Crippen LogP contribution in [-0.2, 0) is 4.79 Å². The Morgan fingerprint density at radius 3 is 2.78 bits per heavy atom. The lowest BCUT2D eigenvalue weighted by atomic mass is 10.1. The van der Waals surface area contributed by atoms with Crippen molar-refractivity contribution < 1.29 is 4.79 Å². The summed E-state index contributed by atoms with van der Waals surface area (Å²) in [6.07, 6.45) is 3.28. The number of hydrogen-bond acceptors (Lipinski definition) is 4. The van der Waals surface area contributed by atoms with E-state index in [0.29, 0.717) is 23.7 Å². The number of nitrogens with one attached hydrogen (secondary N) is 3. The molecule has 0 unspecified atom stereocenters. The molecule has 3 N–H and O–H groups in total. The zero-order valence-electron chi connectivity index (χ0n) is 10.4. The second-order valence-corrected chi connectivity index (χ2v) is 4.49. The quantitative estimate of drug-likeness (QED) is 0.707. The fourth-order valence-corrected chi connectivity index (χ4v) is 1.64. The van der Waals surface area contributed by atoms with Gasteiger partial charge in [0.2, 0.25) is 0 Å². The molecule has 0 spiro atoms. The van der Waals surface area contributed by atoms with Crippen LogP contribution in [0, 0.1) is 5.41 Å². The van der Waals surface area contributed by atoms with Crippen LogP contribution in [0.15, 0.2) is 30.1 Å². The molecule has 1 aromatic rings. The molecule has 5 heteroatoms. The lowest BCUT2D eigenvalue weighted by molar-refractivity contribution is -0.116. The van der Waals surface area contributed by atoms with Crippen LogP contribution in [0.1, 0.15) is 25.5 Å². The van der Waals surface area contributed by atoms with E-state index in [1.165, 1.54) is 0 Å². The molecule has 0 saturated carbocycles. The molecule has 0 aliphatic carbocycles. The summed E-state index contributed by atoms with van der Waals surface area (Å²) in [5.41, 5.74) is 2.51. The van der Waals surface area contributed by atoms with E-state index >= 15 is 0 Å². The van der Waals surface area contributed by atoms with Crippen molar-refractivity contribution in [1.82, 2.24) is 10.3 Å². The summed E-state index contributed by atoms with van der Waals surface area (Å²) in [7, 11) is 0. The maximum absolute atomic E-state index is 11.4. The predicted molar refractivity (Wildman–Crippen MR) is 70.8 cm³/mol. The first kappa shape index (κ1) is 12.3. The van der Waals surface area contributed by atoms with Gasteiger partial charge in [-0.25, -0.2) is 0 Å². The van der Waals surface area contributed by atoms with Crippen molar-refractivity contribution in [3.05, 3.63) is 35.8 Å². The summed E-state index contributed by atoms with van der Waals surface area (Å²) < 4.78 is 0. The monoisotopic (exact) mass is 244 g/mol. The molecule has 1 aliphatic heterocycles. The number of carbonyl (C=O) groups excluding carboxylic acids is 1. The van der Waals surface area contributed by atoms with Crippen LogP contribution in [0.25, 0.3) is 0 Å². The minimum atomic E-state index is -0.209. The van der Waals surface area contributed by atoms with E-state index in [9.17, 15) is 4.79 Å². The van der Waals surface area contributed by atoms with E-state index in [-0.39, 0.29) is 5.91 Å². The van der Waals surface area contributed by atoms with Gasteiger partial charge >= 0.3 is 0 Å². The number of pyridine rings is 1. The Labute approximate surface area is 106 Å². The lowest BCUT2D eigenvalue weighted by Gasteiger charge is -2.06. The highest BCUT2D eigenvalue weighted by molar-refractivity contribution is 6.26. The standard InChI is InChI=1S/C13H16N4O/c1-8(2)12-4-3-9(5-16-12)15-6-10-11(14)7-17-13(10)18/h3-6,8,14-15H,7H2,1-2H3,(H,17,18)/b10-6+,14-11?. The maximum atomic E-state index is 11.4. The van der Waals surface area contributed by atoms with E-state index in [0.717, 1.165) is 11.4 Å². The SMILES string of the molecule is CC(C)c1ccc(N/C=C2\C(=N)CNC2=O)cn1. The van der Waals surface area contributed by atoms with E-state index < -0.39 is 0 Å². The first-order chi connectivity index (χ1) is 8.58. The number of rotatable bonds is 3. The third-order valence-corrected chi connectivity index (χ3v) is 2.76. The molecule has 1 aliphatic rings. The molecule has 94 valence electrons. The third-order valence-electron chi connectivity index (χ3n) is 2.76. The largest absolute Gasteiger partial charge is 0.360 e. The summed E-state index contributed by atoms with van der Waals surface area (Å²) >= 11 is 0. The van der Waals surface area contributed by atoms with Gasteiger partial charge < -0.3 is 16.0 Å². The molecule has 1 saturated heterocycles. The Balaban J connectivity index is 2.08. The van der Waals surface area contributed by atoms with Crippen molar-refractivity contribution in [2.24, 2.45) is 0 Å². The van der Waals surface area contributed by atoms with Crippen LogP contribution in [0.4, 0.5) is 5.69 Å². The Bertz CT molecular complexity index is 484. The zero-order chi connectivity index (χ0) is 13.1. The Hall–Kier alpha value is -2.17. The first-order valence-electron chi connectivity index (χ1n) is 5.86. The highest BCUT2D eigenvalue weighted by atomic mass is 16.2. The minimum absolute atomic E-state index is 0.209. The number of anilines is 1. The van der Waals surface area contributed by atoms with Crippen molar-refractivity contribution in [3.8, 4) is 0 Å². The molecule has 2 rings (SSSR count). The Morgan fingerprint density at radius 2 is 2.28 bits per heavy atom. The molecule has 1 aromatic heterocycles. The topological polar surface area (TPSA) is 77.9 Å². The van der Waals surface area contributed by atoms with Gasteiger partial charge in [0.25, 0.3) is 5.91 Å². The van der Waals surface area contributed by atoms with Gasteiger partial charge in [0.1, 0.15) is 0 Å². The van der Waals surface area contributed by atoms with Crippen molar-refractivity contribution in [2.45, 2.75) is 19.8 Å². The van der Waals surface area contributed by atoms with E-state index in [1.807, 2.05) is 12.1 Å². The Kier molecular flexibility index (Phi) is 3.41. The summed E-state index contributed by atoms with van der Waals surface area (Å²) in [5.74, 6) is 0.186. The van der Waals surface area contributed by atoms with Crippen LogP contribution >= 0.6 is 0 Å². The normalized spacial score (nSPS) is 17.4. The number of hydrogen-bond donors (Lipinski definition) is 3. The van der Waals surface area contributed by atoms with Crippen LogP contribution < -0.4 is 10.6 Å². The van der Waals surface area contributed by atoms with Crippen molar-refractivity contribution in [1.29, 1.82) is 5.41 Å². The van der Waals surface area contributed by atoms with E-state index in [2.05, 4.69) is 29.5 Å². The molecule has 0 aromatic carbocycles. The van der Waals surface area contributed by atoms with Gasteiger partial charge in [0.15, 0.2) is 0 Å². The van der Waals surface area contributed by atoms with Crippen LogP contribution in [0.2, 0.25) is 0 Å². The van der Waals surface area contributed by atoms with Crippen molar-refractivity contribution >= 4 is 17.3 Å². The van der Waals surface area contributed by atoms with Crippen LogP contribution in [-0.4, -0.2) is 23.1 Å². The first-order valence-corrected chi connectivity index (χ1v) is 5.86. The third kappa shape index (κ3) is 2.56. The molecule has 1 fully saturated rings. The fourth-order valence-electron chi connectivity index (χ4n) is 1.64. The van der Waals surface area contributed by atoms with Gasteiger partial charge in [0, 0.05) is 11.9 Å². The molecule has 0 radical (unpaired) electrons. The van der Waals surface area contributed by atoms with Gasteiger partial charge in [-0.2, -0.15) is 0 Å². The lowest BCUT2D eigenvalue weighted by Crippen LogP contribution is -2.14. The summed E-state index contributed by atoms with van der Waals surface area (Å²) in [6, 6.07) is 3.86. The highest BCUT2D eigenvalue weighted by Gasteiger charge is 2.21. The average molecular weight is 244 g/mol. The molecule has 1 amide bonds. The summed E-state index contributed by atoms with van der Waals surface area (Å²) in [4.78, 5) is 15.7. The molecule has 5 nitrogen and oxygen atoms in total. The zero-order valence-corrected chi connectivity index (χ0v) is 10.4. The smallest absolute Gasteiger partial charge is 0.254 e. The minimum Gasteiger partial charge on any atom is -0.360 e. The summed E-state index contributed by atoms with van der Waals surface area (Å²) in [5, 5.41) is 13.2. The summed E-state index contributed by atoms with van der Waals surface area (Å²) in [6.45, 7) is 4.47. The predicted octanol–water partition coefficient (Wildman–Crippen LogP) is 1.65. The molecule has 0 atom stereocenters. The van der Waals surface area contributed by atoms with E-state index in [4.69, 9.17) is 5.41 Å². The van der Waals surface area contributed by atoms with Gasteiger partial charge in [-0.3, -0.25) is 9.78 Å². The van der Waals surface area contributed by atoms with Gasteiger partial charge in [-0.05, 0) is 18.1 Å². The molecule has 0 bridgehead atoms. The Morgan fingerprint density at radius 1 is 1.50 bits per heavy atom. The number of nitrogens with zero attached hydrogens (tertiary/aromatic N) is 1. The molecule has 2 heterocycles. The highest BCUT2D eigenvalue weighted by Crippen LogP contribution is 2.14. The van der Waals surface area contributed by atoms with Crippen LogP contribution in [0.5, 0.6) is 0 Å². The fraction of sp³-hybridized carbons (Fsp3) is 0.308. The maximum Gasteiger partial charge on any atom is 0.254 e. The second-order valence-electron chi connectivity index (χ2n) is 4.49. The molecular weight excluding hydrogens is 228 g/mol. The van der Waals surface area contributed by atoms with E-state index in [1.54, 1.807) is 12.4 Å². The average Bonchev–Trinajstić information content (AvgIpc) is 2.67. The van der Waals surface area contributed by atoms with Crippen LogP contribution in [0.3, 0.4) is 0 Å². The number of amides is 1. The molecular formula is C13H16N4O. The van der Waals surface area contributed by atoms with Gasteiger partial charge in [-0.1, -0.05) is 13.8 Å². The number of aromatic nitrogens is 1. The van der Waals surface area contributed by atoms with Crippen molar-refractivity contribution in [2.75, 3.05) is 11.9 Å². The second kappa shape index (κ2) is 5.00.